The maximum atomic E-state index is 4.49. The van der Waals surface area contributed by atoms with Gasteiger partial charge < -0.3 is 4.90 Å². The van der Waals surface area contributed by atoms with Crippen LogP contribution in [0.5, 0.6) is 0 Å². The van der Waals surface area contributed by atoms with Gasteiger partial charge in [-0.3, -0.25) is 0 Å². The van der Waals surface area contributed by atoms with Gasteiger partial charge in [-0.25, -0.2) is 4.99 Å². The summed E-state index contributed by atoms with van der Waals surface area (Å²) in [6, 6.07) is 0. The average Bonchev–Trinajstić information content (AvgIpc) is 2.07. The summed E-state index contributed by atoms with van der Waals surface area (Å²) in [5.41, 5.74) is 0. The molecular weight excluding hydrogens is 156 g/mol. The maximum Gasteiger partial charge on any atom is 0.0983 e. The number of likely N-dealkylation sites (tertiary alicyclic amines) is 1. The molecule has 0 aromatic rings. The first-order valence-electron chi connectivity index (χ1n) is 4.30. The molecule has 0 saturated carbocycles. The molecule has 0 amide bonds. The van der Waals surface area contributed by atoms with Gasteiger partial charge in [0.05, 0.1) is 31.3 Å². The van der Waals surface area contributed by atoms with E-state index in [1.165, 1.54) is 32.4 Å². The molecule has 0 radical (unpaired) electrons. The van der Waals surface area contributed by atoms with Crippen molar-refractivity contribution in [1.29, 1.82) is 0 Å². The number of nitrogens with zero attached hydrogens (tertiary/aromatic N) is 1. The van der Waals surface area contributed by atoms with Gasteiger partial charge in [0, 0.05) is 0 Å². The van der Waals surface area contributed by atoms with Gasteiger partial charge in [-0.2, -0.15) is 0 Å². The van der Waals surface area contributed by atoms with Crippen LogP contribution in [0, 0.1) is 0 Å². The Morgan fingerprint density at radius 3 is 2.64 bits per heavy atom. The van der Waals surface area contributed by atoms with Gasteiger partial charge in [-0.1, -0.05) is 0 Å². The fourth-order valence-corrected chi connectivity index (χ4v) is 1.65. The molecule has 1 N–H and O–H groups in total. The molecule has 0 aliphatic carbocycles. The Morgan fingerprint density at radius 1 is 1.27 bits per heavy atom. The predicted octanol–water partition coefficient (Wildman–Crippen LogP) is 0.158. The summed E-state index contributed by atoms with van der Waals surface area (Å²) < 4.78 is 0. The lowest BCUT2D eigenvalue weighted by atomic mass is 10.1. The summed E-state index contributed by atoms with van der Waals surface area (Å²) in [5, 5.41) is 2.40. The van der Waals surface area contributed by atoms with Crippen molar-refractivity contribution in [3.63, 3.8) is 0 Å². The van der Waals surface area contributed by atoms with Crippen LogP contribution in [-0.4, -0.2) is 31.3 Å². The first-order chi connectivity index (χ1) is 5.43. The minimum absolute atomic E-state index is 0.860. The fourth-order valence-electron chi connectivity index (χ4n) is 1.56. The lowest BCUT2D eigenvalue weighted by molar-refractivity contribution is -0.903. The third-order valence-electron chi connectivity index (χ3n) is 2.20. The van der Waals surface area contributed by atoms with Gasteiger partial charge >= 0.3 is 0 Å². The van der Waals surface area contributed by atoms with E-state index < -0.39 is 0 Å². The van der Waals surface area contributed by atoms with Crippen LogP contribution in [0.15, 0.2) is 4.99 Å². The third kappa shape index (κ3) is 3.61. The zero-order valence-corrected chi connectivity index (χ0v) is 7.62. The summed E-state index contributed by atoms with van der Waals surface area (Å²) in [6.45, 7) is 4.66. The molecule has 1 saturated heterocycles. The minimum Gasteiger partial charge on any atom is -0.333 e. The molecule has 0 atom stereocenters. The van der Waals surface area contributed by atoms with E-state index in [-0.39, 0.29) is 0 Å². The highest BCUT2D eigenvalue weighted by Gasteiger charge is 2.11. The van der Waals surface area contributed by atoms with Crippen molar-refractivity contribution in [2.75, 3.05) is 26.2 Å². The molecular formula is C8H15N2S+. The molecule has 1 aliphatic heterocycles. The lowest BCUT2D eigenvalue weighted by Gasteiger charge is -2.22. The molecule has 0 aromatic carbocycles. The van der Waals surface area contributed by atoms with E-state index in [9.17, 15) is 0 Å². The van der Waals surface area contributed by atoms with Gasteiger partial charge in [0.25, 0.3) is 0 Å². The summed E-state index contributed by atoms with van der Waals surface area (Å²) >= 11 is 4.49. The van der Waals surface area contributed by atoms with E-state index >= 15 is 0 Å². The Hall–Kier alpha value is -0.240. The second-order valence-corrected chi connectivity index (χ2v) is 3.22. The van der Waals surface area contributed by atoms with Crippen molar-refractivity contribution < 1.29 is 4.90 Å². The molecule has 62 valence electrons. The van der Waals surface area contributed by atoms with E-state index in [1.54, 1.807) is 4.90 Å². The Balaban J connectivity index is 2.09. The second-order valence-electron chi connectivity index (χ2n) is 3.03. The average molecular weight is 171 g/mol. The topological polar surface area (TPSA) is 16.8 Å². The van der Waals surface area contributed by atoms with Crippen LogP contribution < -0.4 is 4.90 Å². The molecule has 1 rings (SSSR count). The normalized spacial score (nSPS) is 19.3. The van der Waals surface area contributed by atoms with Crippen molar-refractivity contribution in [2.24, 2.45) is 4.99 Å². The Morgan fingerprint density at radius 2 is 2.00 bits per heavy atom. The van der Waals surface area contributed by atoms with Crippen LogP contribution in [0.3, 0.4) is 0 Å². The number of nitrogens with one attached hydrogen (secondary N) is 1. The van der Waals surface area contributed by atoms with E-state index in [1.807, 2.05) is 0 Å². The van der Waals surface area contributed by atoms with E-state index in [0.717, 1.165) is 13.1 Å². The van der Waals surface area contributed by atoms with Crippen molar-refractivity contribution in [1.82, 2.24) is 0 Å². The quantitative estimate of drug-likeness (QED) is 0.473. The largest absolute Gasteiger partial charge is 0.333 e. The number of isothiocyanates is 1. The molecule has 1 heterocycles. The summed E-state index contributed by atoms with van der Waals surface area (Å²) in [6.07, 6.45) is 4.19. The van der Waals surface area contributed by atoms with Crippen LogP contribution in [0.4, 0.5) is 0 Å². The van der Waals surface area contributed by atoms with Gasteiger partial charge in [-0.15, -0.1) is 0 Å². The zero-order chi connectivity index (χ0) is 7.94. The number of hydrogen-bond donors (Lipinski definition) is 1. The molecule has 11 heavy (non-hydrogen) atoms. The van der Waals surface area contributed by atoms with Crippen LogP contribution >= 0.6 is 12.2 Å². The van der Waals surface area contributed by atoms with Crippen molar-refractivity contribution in [3.8, 4) is 0 Å². The Kier molecular flexibility index (Phi) is 4.36. The van der Waals surface area contributed by atoms with Crippen LogP contribution in [0.1, 0.15) is 19.3 Å². The van der Waals surface area contributed by atoms with Crippen molar-refractivity contribution >= 4 is 17.4 Å². The van der Waals surface area contributed by atoms with Crippen LogP contribution in [-0.2, 0) is 0 Å². The molecule has 1 fully saturated rings. The van der Waals surface area contributed by atoms with Crippen molar-refractivity contribution in [2.45, 2.75) is 19.3 Å². The summed E-state index contributed by atoms with van der Waals surface area (Å²) in [4.78, 5) is 5.60. The summed E-state index contributed by atoms with van der Waals surface area (Å²) in [7, 11) is 0. The van der Waals surface area contributed by atoms with Crippen LogP contribution in [0.2, 0.25) is 0 Å². The summed E-state index contributed by atoms with van der Waals surface area (Å²) in [5.74, 6) is 0. The first kappa shape index (κ1) is 8.85. The molecule has 3 heteroatoms. The lowest BCUT2D eigenvalue weighted by Crippen LogP contribution is -3.13. The molecule has 2 nitrogen and oxygen atoms in total. The second kappa shape index (κ2) is 5.42. The van der Waals surface area contributed by atoms with E-state index in [4.69, 9.17) is 0 Å². The third-order valence-corrected chi connectivity index (χ3v) is 2.33. The Labute approximate surface area is 73.3 Å². The monoisotopic (exact) mass is 171 g/mol. The van der Waals surface area contributed by atoms with Crippen LogP contribution in [0.25, 0.3) is 0 Å². The number of hydrogen-bond acceptors (Lipinski definition) is 2. The first-order valence-corrected chi connectivity index (χ1v) is 4.71. The number of piperidine rings is 1. The SMILES string of the molecule is S=C=NCC[NH+]1CCCCC1. The predicted molar refractivity (Wildman–Crippen MR) is 49.3 cm³/mol. The smallest absolute Gasteiger partial charge is 0.0983 e. The minimum atomic E-state index is 0.860. The van der Waals surface area contributed by atoms with Crippen molar-refractivity contribution in [3.05, 3.63) is 0 Å². The standard InChI is InChI=1S/C8H14N2S/c11-8-9-4-7-10-5-2-1-3-6-10/h1-7H2/p+1. The molecule has 0 unspecified atom stereocenters. The van der Waals surface area contributed by atoms with E-state index in [0.29, 0.717) is 0 Å². The van der Waals surface area contributed by atoms with Gasteiger partial charge in [-0.05, 0) is 31.5 Å². The van der Waals surface area contributed by atoms with Gasteiger partial charge in [0.15, 0.2) is 0 Å². The number of aliphatic imine (C=N–C) groups is 1. The van der Waals surface area contributed by atoms with Gasteiger partial charge in [0.2, 0.25) is 0 Å². The molecule has 0 spiro atoms. The Bertz CT molecular complexity index is 146. The molecule has 0 bridgehead atoms. The fraction of sp³-hybridized carbons (Fsp3) is 0.875. The number of thiocarbonyl (C=S) groups is 1. The molecule has 0 aromatic heterocycles. The highest BCUT2D eigenvalue weighted by molar-refractivity contribution is 7.78. The highest BCUT2D eigenvalue weighted by Crippen LogP contribution is 1.93. The number of quaternary nitrogens is 1. The highest BCUT2D eigenvalue weighted by atomic mass is 32.1. The zero-order valence-electron chi connectivity index (χ0n) is 6.81. The number of rotatable bonds is 3. The maximum absolute atomic E-state index is 4.49. The van der Waals surface area contributed by atoms with Gasteiger partial charge in [0.1, 0.15) is 0 Å². The van der Waals surface area contributed by atoms with E-state index in [2.05, 4.69) is 22.4 Å². The molecule has 1 aliphatic rings.